The number of amides is 1. The number of rotatable bonds is 6. The van der Waals surface area contributed by atoms with Gasteiger partial charge in [0, 0.05) is 23.6 Å². The van der Waals surface area contributed by atoms with E-state index >= 15 is 0 Å². The lowest BCUT2D eigenvalue weighted by atomic mass is 10.1. The lowest BCUT2D eigenvalue weighted by Gasteiger charge is -2.05. The first-order valence-corrected chi connectivity index (χ1v) is 9.36. The number of hydrogen-bond donors (Lipinski definition) is 1. The highest BCUT2D eigenvalue weighted by atomic mass is 32.1. The van der Waals surface area contributed by atoms with Gasteiger partial charge in [-0.15, -0.1) is 22.7 Å². The van der Waals surface area contributed by atoms with Crippen LogP contribution in [-0.4, -0.2) is 29.3 Å². The molecule has 0 aliphatic carbocycles. The van der Waals surface area contributed by atoms with Crippen LogP contribution in [0.5, 0.6) is 0 Å². The quantitative estimate of drug-likeness (QED) is 0.513. The second-order valence-corrected chi connectivity index (χ2v) is 7.08. The molecule has 0 bridgehead atoms. The van der Waals surface area contributed by atoms with Crippen molar-refractivity contribution in [1.29, 1.82) is 0 Å². The minimum Gasteiger partial charge on any atom is -0.453 e. The number of benzene rings is 1. The first kappa shape index (κ1) is 18.0. The Morgan fingerprint density at radius 1 is 1.12 bits per heavy atom. The molecule has 3 rings (SSSR count). The molecule has 0 saturated carbocycles. The molecule has 0 aliphatic heterocycles. The molecule has 1 aromatic carbocycles. The maximum Gasteiger partial charge on any atom is 0.358 e. The Morgan fingerprint density at radius 2 is 1.88 bits per heavy atom. The van der Waals surface area contributed by atoms with Crippen LogP contribution in [0.4, 0.5) is 5.69 Å². The molecule has 0 saturated heterocycles. The number of aromatic nitrogens is 1. The molecule has 0 fully saturated rings. The maximum atomic E-state index is 12.1. The summed E-state index contributed by atoms with van der Waals surface area (Å²) in [5.41, 5.74) is 1.17. The smallest absolute Gasteiger partial charge is 0.358 e. The van der Waals surface area contributed by atoms with Crippen LogP contribution in [0.15, 0.2) is 47.2 Å². The topological polar surface area (TPSA) is 85.4 Å². The normalized spacial score (nSPS) is 10.3. The Morgan fingerprint density at radius 3 is 2.54 bits per heavy atom. The second kappa shape index (κ2) is 8.03. The van der Waals surface area contributed by atoms with Gasteiger partial charge in [0.05, 0.1) is 4.88 Å². The van der Waals surface area contributed by atoms with Crippen molar-refractivity contribution in [3.63, 3.8) is 0 Å². The van der Waals surface area contributed by atoms with Crippen LogP contribution in [0.2, 0.25) is 0 Å². The predicted molar refractivity (Wildman–Crippen MR) is 101 cm³/mol. The summed E-state index contributed by atoms with van der Waals surface area (Å²) in [6, 6.07) is 10.2. The van der Waals surface area contributed by atoms with Gasteiger partial charge in [0.2, 0.25) is 5.91 Å². The molecule has 3 aromatic rings. The van der Waals surface area contributed by atoms with Crippen LogP contribution in [-0.2, 0) is 9.53 Å². The van der Waals surface area contributed by atoms with E-state index in [1.165, 1.54) is 29.6 Å². The van der Waals surface area contributed by atoms with E-state index in [-0.39, 0.29) is 24.0 Å². The number of carbonyl (C=O) groups excluding carboxylic acids is 3. The van der Waals surface area contributed by atoms with Crippen molar-refractivity contribution in [3.05, 3.63) is 58.4 Å². The monoisotopic (exact) mass is 386 g/mol. The number of esters is 1. The van der Waals surface area contributed by atoms with Crippen LogP contribution >= 0.6 is 22.7 Å². The fourth-order valence-corrected chi connectivity index (χ4v) is 3.72. The Bertz CT molecular complexity index is 931. The Balaban J connectivity index is 1.57. The van der Waals surface area contributed by atoms with Crippen molar-refractivity contribution < 1.29 is 19.1 Å². The summed E-state index contributed by atoms with van der Waals surface area (Å²) in [4.78, 5) is 40.4. The summed E-state index contributed by atoms with van der Waals surface area (Å²) in [5, 5.41) is 6.91. The molecule has 132 valence electrons. The molecule has 26 heavy (non-hydrogen) atoms. The average molecular weight is 386 g/mol. The highest BCUT2D eigenvalue weighted by Gasteiger charge is 2.16. The summed E-state index contributed by atoms with van der Waals surface area (Å²) < 4.78 is 5.06. The predicted octanol–water partition coefficient (Wildman–Crippen LogP) is 3.87. The van der Waals surface area contributed by atoms with Gasteiger partial charge in [-0.3, -0.25) is 9.59 Å². The van der Waals surface area contributed by atoms with Crippen molar-refractivity contribution in [2.75, 3.05) is 11.9 Å². The molecule has 0 spiro atoms. The summed E-state index contributed by atoms with van der Waals surface area (Å²) in [5.74, 6) is -1.16. The van der Waals surface area contributed by atoms with Gasteiger partial charge >= 0.3 is 5.97 Å². The van der Waals surface area contributed by atoms with Gasteiger partial charge in [0.15, 0.2) is 18.1 Å². The summed E-state index contributed by atoms with van der Waals surface area (Å²) in [6.45, 7) is 1.03. The van der Waals surface area contributed by atoms with Crippen molar-refractivity contribution in [2.45, 2.75) is 6.92 Å². The number of Topliss-reactive ketones (excluding diaryl/α,β-unsaturated/α-hetero) is 1. The number of hydrogen-bond acceptors (Lipinski definition) is 7. The molecule has 0 aliphatic rings. The molecule has 8 heteroatoms. The number of nitrogens with zero attached hydrogens (tertiary/aromatic N) is 1. The molecule has 2 aromatic heterocycles. The first-order valence-electron chi connectivity index (χ1n) is 7.60. The van der Waals surface area contributed by atoms with Gasteiger partial charge in [-0.2, -0.15) is 0 Å². The Kier molecular flexibility index (Phi) is 5.55. The van der Waals surface area contributed by atoms with Crippen molar-refractivity contribution in [3.8, 4) is 9.88 Å². The Hall–Kier alpha value is -2.84. The highest BCUT2D eigenvalue weighted by molar-refractivity contribution is 7.20. The van der Waals surface area contributed by atoms with E-state index in [0.29, 0.717) is 11.3 Å². The van der Waals surface area contributed by atoms with Crippen LogP contribution < -0.4 is 5.32 Å². The maximum absolute atomic E-state index is 12.1. The van der Waals surface area contributed by atoms with E-state index in [0.717, 1.165) is 9.88 Å². The average Bonchev–Trinajstić information content (AvgIpc) is 3.30. The third-order valence-electron chi connectivity index (χ3n) is 3.31. The van der Waals surface area contributed by atoms with E-state index in [4.69, 9.17) is 4.74 Å². The fourth-order valence-electron chi connectivity index (χ4n) is 2.11. The van der Waals surface area contributed by atoms with Crippen LogP contribution in [0.3, 0.4) is 0 Å². The van der Waals surface area contributed by atoms with Crippen LogP contribution in [0, 0.1) is 0 Å². The molecule has 6 nitrogen and oxygen atoms in total. The standard InChI is InChI=1S/C18H14N2O4S2/c1-11(21)19-13-6-4-12(5-7-13)15(22)9-24-18(23)14-10-26-17(20-14)16-3-2-8-25-16/h2-8,10H,9H2,1H3,(H,19,21). The first-order chi connectivity index (χ1) is 12.5. The summed E-state index contributed by atoms with van der Waals surface area (Å²) in [7, 11) is 0. The summed E-state index contributed by atoms with van der Waals surface area (Å²) in [6.07, 6.45) is 0. The van der Waals surface area contributed by atoms with E-state index in [1.54, 1.807) is 29.6 Å². The highest BCUT2D eigenvalue weighted by Crippen LogP contribution is 2.27. The SMILES string of the molecule is CC(=O)Nc1ccc(C(=O)COC(=O)c2csc(-c3cccs3)n2)cc1. The minimum atomic E-state index is -0.632. The molecule has 1 N–H and O–H groups in total. The molecule has 1 amide bonds. The lowest BCUT2D eigenvalue weighted by Crippen LogP contribution is -2.14. The zero-order valence-electron chi connectivity index (χ0n) is 13.7. The number of thiazole rings is 1. The Labute approximate surface area is 157 Å². The van der Waals surface area contributed by atoms with Gasteiger partial charge in [0.25, 0.3) is 0 Å². The number of carbonyl (C=O) groups is 3. The number of anilines is 1. The lowest BCUT2D eigenvalue weighted by molar-refractivity contribution is -0.114. The van der Waals surface area contributed by atoms with Crippen molar-refractivity contribution >= 4 is 46.0 Å². The van der Waals surface area contributed by atoms with E-state index in [9.17, 15) is 14.4 Å². The van der Waals surface area contributed by atoms with E-state index in [1.807, 2.05) is 17.5 Å². The van der Waals surface area contributed by atoms with E-state index < -0.39 is 5.97 Å². The van der Waals surface area contributed by atoms with Gasteiger partial charge in [0.1, 0.15) is 5.01 Å². The number of ether oxygens (including phenoxy) is 1. The van der Waals surface area contributed by atoms with Crippen molar-refractivity contribution in [1.82, 2.24) is 4.98 Å². The molecular formula is C18H14N2O4S2. The number of thiophene rings is 1. The van der Waals surface area contributed by atoms with Crippen LogP contribution in [0.1, 0.15) is 27.8 Å². The van der Waals surface area contributed by atoms with E-state index in [2.05, 4.69) is 10.3 Å². The zero-order chi connectivity index (χ0) is 18.5. The number of nitrogens with one attached hydrogen (secondary N) is 1. The largest absolute Gasteiger partial charge is 0.453 e. The third kappa shape index (κ3) is 4.41. The molecule has 2 heterocycles. The molecule has 0 unspecified atom stereocenters. The third-order valence-corrected chi connectivity index (χ3v) is 5.19. The van der Waals surface area contributed by atoms with Crippen molar-refractivity contribution in [2.24, 2.45) is 0 Å². The van der Waals surface area contributed by atoms with Gasteiger partial charge in [-0.05, 0) is 35.7 Å². The second-order valence-electron chi connectivity index (χ2n) is 5.27. The van der Waals surface area contributed by atoms with Gasteiger partial charge in [-0.25, -0.2) is 9.78 Å². The zero-order valence-corrected chi connectivity index (χ0v) is 15.4. The van der Waals surface area contributed by atoms with Gasteiger partial charge < -0.3 is 10.1 Å². The fraction of sp³-hybridized carbons (Fsp3) is 0.111. The molecule has 0 atom stereocenters. The number of ketones is 1. The molecular weight excluding hydrogens is 372 g/mol. The molecule has 0 radical (unpaired) electrons. The van der Waals surface area contributed by atoms with Crippen LogP contribution in [0.25, 0.3) is 9.88 Å². The van der Waals surface area contributed by atoms with Gasteiger partial charge in [-0.1, -0.05) is 6.07 Å². The minimum absolute atomic E-state index is 0.187. The summed E-state index contributed by atoms with van der Waals surface area (Å²) >= 11 is 2.89.